The normalized spacial score (nSPS) is 10.8. The van der Waals surface area contributed by atoms with Crippen LogP contribution in [0.4, 0.5) is 0 Å². The van der Waals surface area contributed by atoms with E-state index < -0.39 is 0 Å². The molecule has 0 spiro atoms. The van der Waals surface area contributed by atoms with Crippen LogP contribution in [-0.4, -0.2) is 16.6 Å². The van der Waals surface area contributed by atoms with E-state index in [1.165, 1.54) is 6.39 Å². The molecule has 0 saturated heterocycles. The summed E-state index contributed by atoms with van der Waals surface area (Å²) < 4.78 is 5.14. The number of carbonyl (C=O) groups excluding carboxylic acids is 2. The van der Waals surface area contributed by atoms with Gasteiger partial charge in [-0.1, -0.05) is 29.8 Å². The van der Waals surface area contributed by atoms with Gasteiger partial charge in [0.2, 0.25) is 0 Å². The van der Waals surface area contributed by atoms with Gasteiger partial charge in [0.05, 0.1) is 0 Å². The minimum absolute atomic E-state index is 0.0177. The number of rotatable bonds is 5. The van der Waals surface area contributed by atoms with Crippen molar-refractivity contribution in [1.82, 2.24) is 4.98 Å². The molecule has 1 heterocycles. The van der Waals surface area contributed by atoms with E-state index in [0.717, 1.165) is 5.56 Å². The molecule has 0 aliphatic rings. The number of aryl methyl sites for hydroxylation is 1. The number of hydrogen-bond donors (Lipinski definition) is 0. The first-order valence-corrected chi connectivity index (χ1v) is 7.10. The third kappa shape index (κ3) is 2.96. The molecule has 0 amide bonds. The maximum atomic E-state index is 12.2. The third-order valence-electron chi connectivity index (χ3n) is 3.61. The quantitative estimate of drug-likeness (QED) is 0.667. The van der Waals surface area contributed by atoms with Crippen LogP contribution in [0, 0.1) is 6.92 Å². The van der Waals surface area contributed by atoms with E-state index in [1.807, 2.05) is 19.1 Å². The molecule has 3 aromatic rings. The van der Waals surface area contributed by atoms with E-state index in [9.17, 15) is 9.59 Å². The minimum atomic E-state index is -0.0645. The zero-order chi connectivity index (χ0) is 15.5. The van der Waals surface area contributed by atoms with Crippen LogP contribution in [-0.2, 0) is 0 Å². The summed E-state index contributed by atoms with van der Waals surface area (Å²) in [6, 6.07) is 12.5. The smallest absolute Gasteiger partial charge is 0.181 e. The molecule has 0 unspecified atom stereocenters. The third-order valence-corrected chi connectivity index (χ3v) is 3.61. The number of Topliss-reactive ketones (excluding diaryl/α,β-unsaturated/α-hetero) is 2. The van der Waals surface area contributed by atoms with Crippen molar-refractivity contribution in [3.05, 3.63) is 65.5 Å². The summed E-state index contributed by atoms with van der Waals surface area (Å²) >= 11 is 0. The van der Waals surface area contributed by atoms with Crippen LogP contribution in [0.25, 0.3) is 11.1 Å². The summed E-state index contributed by atoms with van der Waals surface area (Å²) in [6.07, 6.45) is 1.74. The van der Waals surface area contributed by atoms with Crippen molar-refractivity contribution < 1.29 is 14.0 Å². The molecule has 0 fully saturated rings. The highest BCUT2D eigenvalue weighted by molar-refractivity contribution is 6.03. The highest BCUT2D eigenvalue weighted by Gasteiger charge is 2.12. The van der Waals surface area contributed by atoms with Crippen LogP contribution in [0.3, 0.4) is 0 Å². The Kier molecular flexibility index (Phi) is 3.83. The lowest BCUT2D eigenvalue weighted by molar-refractivity contribution is 0.0917. The fourth-order valence-corrected chi connectivity index (χ4v) is 2.29. The van der Waals surface area contributed by atoms with Gasteiger partial charge in [-0.2, -0.15) is 0 Å². The second-order valence-corrected chi connectivity index (χ2v) is 5.25. The Morgan fingerprint density at radius 1 is 0.955 bits per heavy atom. The second kappa shape index (κ2) is 5.93. The van der Waals surface area contributed by atoms with Crippen molar-refractivity contribution in [2.75, 3.05) is 0 Å². The highest BCUT2D eigenvalue weighted by atomic mass is 16.3. The zero-order valence-electron chi connectivity index (χ0n) is 12.2. The Hall–Kier alpha value is -2.75. The number of hydrogen-bond acceptors (Lipinski definition) is 4. The maximum Gasteiger partial charge on any atom is 0.181 e. The fraction of sp³-hybridized carbons (Fsp3) is 0.167. The zero-order valence-corrected chi connectivity index (χ0v) is 12.2. The summed E-state index contributed by atoms with van der Waals surface area (Å²) in [4.78, 5) is 28.3. The van der Waals surface area contributed by atoms with E-state index in [2.05, 4.69) is 4.98 Å². The van der Waals surface area contributed by atoms with Crippen LogP contribution in [0.15, 0.2) is 53.3 Å². The van der Waals surface area contributed by atoms with Crippen molar-refractivity contribution in [2.45, 2.75) is 19.8 Å². The molecule has 0 bridgehead atoms. The van der Waals surface area contributed by atoms with Gasteiger partial charge < -0.3 is 4.42 Å². The van der Waals surface area contributed by atoms with E-state index in [0.29, 0.717) is 22.2 Å². The average molecular weight is 293 g/mol. The molecule has 2 aromatic carbocycles. The number of fused-ring (bicyclic) bond motifs is 1. The van der Waals surface area contributed by atoms with Gasteiger partial charge in [0.15, 0.2) is 23.5 Å². The minimum Gasteiger partial charge on any atom is -0.443 e. The first kappa shape index (κ1) is 14.2. The Morgan fingerprint density at radius 2 is 1.59 bits per heavy atom. The predicted molar refractivity (Wildman–Crippen MR) is 83.1 cm³/mol. The monoisotopic (exact) mass is 293 g/mol. The Labute approximate surface area is 127 Å². The molecule has 0 saturated carbocycles. The average Bonchev–Trinajstić information content (AvgIpc) is 3.00. The summed E-state index contributed by atoms with van der Waals surface area (Å²) in [5.41, 5.74) is 3.60. The predicted octanol–water partition coefficient (Wildman–Crippen LogP) is 3.98. The number of oxazole rings is 1. The van der Waals surface area contributed by atoms with Gasteiger partial charge >= 0.3 is 0 Å². The number of ketones is 2. The fourth-order valence-electron chi connectivity index (χ4n) is 2.29. The lowest BCUT2D eigenvalue weighted by Crippen LogP contribution is -2.05. The van der Waals surface area contributed by atoms with Crippen LogP contribution >= 0.6 is 0 Å². The SMILES string of the molecule is Cc1ccc(C(=O)CCC(=O)c2ccc3ocnc3c2)cc1. The van der Waals surface area contributed by atoms with E-state index in [-0.39, 0.29) is 24.4 Å². The number of benzene rings is 2. The van der Waals surface area contributed by atoms with Gasteiger partial charge in [-0.05, 0) is 25.1 Å². The lowest BCUT2D eigenvalue weighted by atomic mass is 10.0. The van der Waals surface area contributed by atoms with Crippen molar-refractivity contribution in [3.63, 3.8) is 0 Å². The molecule has 3 rings (SSSR count). The largest absolute Gasteiger partial charge is 0.443 e. The molecule has 1 aromatic heterocycles. The molecule has 0 atom stereocenters. The molecule has 4 heteroatoms. The van der Waals surface area contributed by atoms with Gasteiger partial charge in [-0.25, -0.2) is 4.98 Å². The first-order valence-electron chi connectivity index (χ1n) is 7.10. The van der Waals surface area contributed by atoms with Crippen molar-refractivity contribution in [2.24, 2.45) is 0 Å². The molecular weight excluding hydrogens is 278 g/mol. The van der Waals surface area contributed by atoms with Crippen LogP contribution in [0.2, 0.25) is 0 Å². The summed E-state index contributed by atoms with van der Waals surface area (Å²) in [7, 11) is 0. The van der Waals surface area contributed by atoms with Gasteiger partial charge in [-0.3, -0.25) is 9.59 Å². The lowest BCUT2D eigenvalue weighted by Gasteiger charge is -2.02. The van der Waals surface area contributed by atoms with Gasteiger partial charge in [0.1, 0.15) is 5.52 Å². The van der Waals surface area contributed by atoms with Crippen LogP contribution in [0.5, 0.6) is 0 Å². The van der Waals surface area contributed by atoms with E-state index >= 15 is 0 Å². The van der Waals surface area contributed by atoms with Gasteiger partial charge in [0.25, 0.3) is 0 Å². The standard InChI is InChI=1S/C18H15NO3/c1-12-2-4-13(5-3-12)16(20)7-8-17(21)14-6-9-18-15(10-14)19-11-22-18/h2-6,9-11H,7-8H2,1H3. The highest BCUT2D eigenvalue weighted by Crippen LogP contribution is 2.16. The molecule has 0 radical (unpaired) electrons. The molecule has 0 aliphatic heterocycles. The molecular formula is C18H15NO3. The molecule has 0 aliphatic carbocycles. The van der Waals surface area contributed by atoms with Gasteiger partial charge in [-0.15, -0.1) is 0 Å². The number of carbonyl (C=O) groups is 2. The van der Waals surface area contributed by atoms with E-state index in [1.54, 1.807) is 30.3 Å². The van der Waals surface area contributed by atoms with Crippen molar-refractivity contribution in [3.8, 4) is 0 Å². The van der Waals surface area contributed by atoms with E-state index in [4.69, 9.17) is 4.42 Å². The van der Waals surface area contributed by atoms with Crippen LogP contribution in [0.1, 0.15) is 39.1 Å². The van der Waals surface area contributed by atoms with Gasteiger partial charge in [0, 0.05) is 24.0 Å². The second-order valence-electron chi connectivity index (χ2n) is 5.25. The Morgan fingerprint density at radius 3 is 2.32 bits per heavy atom. The molecule has 22 heavy (non-hydrogen) atoms. The Bertz CT molecular complexity index is 831. The summed E-state index contributed by atoms with van der Waals surface area (Å²) in [5, 5.41) is 0. The van der Waals surface area contributed by atoms with Crippen LogP contribution < -0.4 is 0 Å². The topological polar surface area (TPSA) is 60.2 Å². The summed E-state index contributed by atoms with van der Waals surface area (Å²) in [5.74, 6) is -0.0822. The molecule has 0 N–H and O–H groups in total. The number of nitrogens with zero attached hydrogens (tertiary/aromatic N) is 1. The van der Waals surface area contributed by atoms with Crippen molar-refractivity contribution >= 4 is 22.7 Å². The Balaban J connectivity index is 1.66. The summed E-state index contributed by atoms with van der Waals surface area (Å²) in [6.45, 7) is 1.97. The number of aromatic nitrogens is 1. The maximum absolute atomic E-state index is 12.2. The van der Waals surface area contributed by atoms with Crippen molar-refractivity contribution in [1.29, 1.82) is 0 Å². The molecule has 4 nitrogen and oxygen atoms in total. The first-order chi connectivity index (χ1) is 10.6. The molecule has 110 valence electrons.